The zero-order chi connectivity index (χ0) is 14.7. The van der Waals surface area contributed by atoms with Crippen LogP contribution in [0.25, 0.3) is 0 Å². The molecule has 2 heterocycles. The predicted molar refractivity (Wildman–Crippen MR) is 81.7 cm³/mol. The molecule has 0 amide bonds. The largest absolute Gasteiger partial charge is 0.486 e. The maximum atomic E-state index is 6.12. The van der Waals surface area contributed by atoms with Crippen molar-refractivity contribution < 1.29 is 9.47 Å². The SMILES string of the molecule is CCNC(c1ccc(C)nc1)C1COc2ccccc2O1. The zero-order valence-electron chi connectivity index (χ0n) is 12.4. The molecule has 0 saturated carbocycles. The van der Waals surface area contributed by atoms with Crippen LogP contribution in [0.15, 0.2) is 42.6 Å². The minimum absolute atomic E-state index is 0.0654. The molecule has 0 radical (unpaired) electrons. The number of pyridine rings is 1. The fourth-order valence-electron chi connectivity index (χ4n) is 2.55. The second-order valence-corrected chi connectivity index (χ2v) is 5.18. The summed E-state index contributed by atoms with van der Waals surface area (Å²) in [6.07, 6.45) is 1.84. The third-order valence-corrected chi connectivity index (χ3v) is 3.62. The van der Waals surface area contributed by atoms with Crippen LogP contribution in [0.1, 0.15) is 24.2 Å². The summed E-state index contributed by atoms with van der Waals surface area (Å²) >= 11 is 0. The molecular formula is C17H20N2O2. The molecule has 1 aromatic carbocycles. The van der Waals surface area contributed by atoms with Gasteiger partial charge in [0.15, 0.2) is 17.6 Å². The minimum atomic E-state index is -0.0654. The third-order valence-electron chi connectivity index (χ3n) is 3.62. The monoisotopic (exact) mass is 284 g/mol. The lowest BCUT2D eigenvalue weighted by molar-refractivity contribution is 0.0620. The van der Waals surface area contributed by atoms with E-state index in [9.17, 15) is 0 Å². The van der Waals surface area contributed by atoms with Gasteiger partial charge >= 0.3 is 0 Å². The van der Waals surface area contributed by atoms with Crippen LogP contribution in [0.3, 0.4) is 0 Å². The number of likely N-dealkylation sites (N-methyl/N-ethyl adjacent to an activating group) is 1. The second-order valence-electron chi connectivity index (χ2n) is 5.18. The Bertz CT molecular complexity index is 598. The molecule has 4 nitrogen and oxygen atoms in total. The van der Waals surface area contributed by atoms with E-state index in [1.54, 1.807) is 0 Å². The summed E-state index contributed by atoms with van der Waals surface area (Å²) in [5.74, 6) is 1.61. The molecule has 2 aromatic rings. The van der Waals surface area contributed by atoms with E-state index in [0.29, 0.717) is 6.61 Å². The number of hydrogen-bond acceptors (Lipinski definition) is 4. The van der Waals surface area contributed by atoms with Gasteiger partial charge in [0.2, 0.25) is 0 Å². The summed E-state index contributed by atoms with van der Waals surface area (Å²) in [5.41, 5.74) is 2.13. The van der Waals surface area contributed by atoms with Crippen LogP contribution in [0.5, 0.6) is 11.5 Å². The summed E-state index contributed by atoms with van der Waals surface area (Å²) in [7, 11) is 0. The maximum Gasteiger partial charge on any atom is 0.161 e. The van der Waals surface area contributed by atoms with Crippen molar-refractivity contribution in [3.63, 3.8) is 0 Å². The molecular weight excluding hydrogens is 264 g/mol. The van der Waals surface area contributed by atoms with Crippen LogP contribution in [0.4, 0.5) is 0 Å². The van der Waals surface area contributed by atoms with Crippen molar-refractivity contribution in [2.75, 3.05) is 13.2 Å². The number of benzene rings is 1. The number of fused-ring (bicyclic) bond motifs is 1. The van der Waals surface area contributed by atoms with Gasteiger partial charge in [-0.25, -0.2) is 0 Å². The molecule has 1 N–H and O–H groups in total. The highest BCUT2D eigenvalue weighted by molar-refractivity contribution is 5.41. The molecule has 21 heavy (non-hydrogen) atoms. The molecule has 0 fully saturated rings. The van der Waals surface area contributed by atoms with E-state index in [-0.39, 0.29) is 12.1 Å². The topological polar surface area (TPSA) is 43.4 Å². The number of rotatable bonds is 4. The fraction of sp³-hybridized carbons (Fsp3) is 0.353. The molecule has 4 heteroatoms. The number of aryl methyl sites for hydroxylation is 1. The Morgan fingerprint density at radius 3 is 2.76 bits per heavy atom. The summed E-state index contributed by atoms with van der Waals surface area (Å²) in [6.45, 7) is 5.47. The summed E-state index contributed by atoms with van der Waals surface area (Å²) < 4.78 is 11.9. The van der Waals surface area contributed by atoms with Crippen molar-refractivity contribution in [2.45, 2.75) is 26.0 Å². The van der Waals surface area contributed by atoms with E-state index in [0.717, 1.165) is 29.3 Å². The van der Waals surface area contributed by atoms with E-state index in [4.69, 9.17) is 9.47 Å². The molecule has 3 rings (SSSR count). The molecule has 2 atom stereocenters. The highest BCUT2D eigenvalue weighted by Crippen LogP contribution is 2.34. The normalized spacial score (nSPS) is 18.3. The van der Waals surface area contributed by atoms with Crippen molar-refractivity contribution in [3.05, 3.63) is 53.9 Å². The van der Waals surface area contributed by atoms with Crippen LogP contribution in [0.2, 0.25) is 0 Å². The lowest BCUT2D eigenvalue weighted by Gasteiger charge is -2.32. The first-order valence-corrected chi connectivity index (χ1v) is 7.32. The van der Waals surface area contributed by atoms with Crippen molar-refractivity contribution >= 4 is 0 Å². The van der Waals surface area contributed by atoms with Crippen LogP contribution in [0, 0.1) is 6.92 Å². The van der Waals surface area contributed by atoms with Gasteiger partial charge in [-0.15, -0.1) is 0 Å². The van der Waals surface area contributed by atoms with E-state index in [1.165, 1.54) is 0 Å². The Balaban J connectivity index is 1.83. The van der Waals surface area contributed by atoms with Gasteiger partial charge in [0.05, 0.1) is 6.04 Å². The van der Waals surface area contributed by atoms with Crippen LogP contribution in [-0.2, 0) is 0 Å². The first-order chi connectivity index (χ1) is 10.3. The smallest absolute Gasteiger partial charge is 0.161 e. The number of nitrogens with zero attached hydrogens (tertiary/aromatic N) is 1. The Hall–Kier alpha value is -2.07. The Morgan fingerprint density at radius 2 is 2.05 bits per heavy atom. The molecule has 0 aliphatic carbocycles. The molecule has 0 spiro atoms. The van der Waals surface area contributed by atoms with E-state index in [1.807, 2.05) is 43.5 Å². The number of nitrogens with one attached hydrogen (secondary N) is 1. The fourth-order valence-corrected chi connectivity index (χ4v) is 2.55. The van der Waals surface area contributed by atoms with Gasteiger partial charge in [-0.3, -0.25) is 4.98 Å². The summed E-state index contributed by atoms with van der Waals surface area (Å²) in [5, 5.41) is 3.47. The van der Waals surface area contributed by atoms with Crippen LogP contribution < -0.4 is 14.8 Å². The van der Waals surface area contributed by atoms with Gasteiger partial charge < -0.3 is 14.8 Å². The Kier molecular flexibility index (Phi) is 4.06. The van der Waals surface area contributed by atoms with Crippen molar-refractivity contribution in [1.29, 1.82) is 0 Å². The first-order valence-electron chi connectivity index (χ1n) is 7.32. The Morgan fingerprint density at radius 1 is 1.24 bits per heavy atom. The number of hydrogen-bond donors (Lipinski definition) is 1. The van der Waals surface area contributed by atoms with Crippen LogP contribution in [-0.4, -0.2) is 24.2 Å². The standard InChI is InChI=1S/C17H20N2O2/c1-3-18-17(13-9-8-12(2)19-10-13)16-11-20-14-6-4-5-7-15(14)21-16/h4-10,16-18H,3,11H2,1-2H3. The lowest BCUT2D eigenvalue weighted by atomic mass is 10.0. The second kappa shape index (κ2) is 6.14. The van der Waals surface area contributed by atoms with E-state index < -0.39 is 0 Å². The van der Waals surface area contributed by atoms with Gasteiger partial charge in [0.25, 0.3) is 0 Å². The number of para-hydroxylation sites is 2. The van der Waals surface area contributed by atoms with Gasteiger partial charge in [-0.1, -0.05) is 25.1 Å². The summed E-state index contributed by atoms with van der Waals surface area (Å²) in [4.78, 5) is 4.39. The molecule has 110 valence electrons. The maximum absolute atomic E-state index is 6.12. The predicted octanol–water partition coefficient (Wildman–Crippen LogP) is 2.88. The molecule has 1 aromatic heterocycles. The van der Waals surface area contributed by atoms with Gasteiger partial charge in [-0.05, 0) is 37.2 Å². The van der Waals surface area contributed by atoms with Gasteiger partial charge in [0.1, 0.15) is 6.61 Å². The molecule has 1 aliphatic heterocycles. The quantitative estimate of drug-likeness (QED) is 0.937. The van der Waals surface area contributed by atoms with Crippen molar-refractivity contribution in [1.82, 2.24) is 10.3 Å². The average molecular weight is 284 g/mol. The molecule has 1 aliphatic rings. The molecule has 0 saturated heterocycles. The van der Waals surface area contributed by atoms with Gasteiger partial charge in [-0.2, -0.15) is 0 Å². The average Bonchev–Trinajstić information content (AvgIpc) is 2.53. The summed E-state index contributed by atoms with van der Waals surface area (Å²) in [6, 6.07) is 12.0. The Labute approximate surface area is 125 Å². The van der Waals surface area contributed by atoms with Gasteiger partial charge in [0, 0.05) is 11.9 Å². The number of ether oxygens (including phenoxy) is 2. The lowest BCUT2D eigenvalue weighted by Crippen LogP contribution is -2.41. The molecule has 0 bridgehead atoms. The third kappa shape index (κ3) is 3.00. The van der Waals surface area contributed by atoms with Crippen molar-refractivity contribution in [3.8, 4) is 11.5 Å². The molecule has 2 unspecified atom stereocenters. The van der Waals surface area contributed by atoms with Crippen molar-refractivity contribution in [2.24, 2.45) is 0 Å². The number of aromatic nitrogens is 1. The first kappa shape index (κ1) is 13.9. The van der Waals surface area contributed by atoms with E-state index in [2.05, 4.69) is 23.3 Å². The highest BCUT2D eigenvalue weighted by Gasteiger charge is 2.29. The highest BCUT2D eigenvalue weighted by atomic mass is 16.6. The van der Waals surface area contributed by atoms with E-state index >= 15 is 0 Å². The van der Waals surface area contributed by atoms with Crippen LogP contribution >= 0.6 is 0 Å². The zero-order valence-corrected chi connectivity index (χ0v) is 12.4. The minimum Gasteiger partial charge on any atom is -0.486 e.